The molecule has 0 N–H and O–H groups in total. The van der Waals surface area contributed by atoms with Crippen LogP contribution >= 0.6 is 18.8 Å². The van der Waals surface area contributed by atoms with Crippen LogP contribution in [-0.2, 0) is 0 Å². The first-order valence-corrected chi connectivity index (χ1v) is 23.4. The maximum atomic E-state index is 5.08. The van der Waals surface area contributed by atoms with Gasteiger partial charge in [-0.1, -0.05) is 0 Å². The summed E-state index contributed by atoms with van der Waals surface area (Å²) in [6.45, 7) is 0. The fourth-order valence-electron chi connectivity index (χ4n) is 0. The Bertz CT molecular complexity index is 37.1. The van der Waals surface area contributed by atoms with Crippen LogP contribution in [0.2, 0.25) is 0 Å². The zero-order valence-corrected chi connectivity index (χ0v) is 9.79. The Morgan fingerprint density at radius 1 is 0.667 bits per heavy atom. The predicted octanol–water partition coefficient (Wildman–Crippen LogP) is 3.07. The van der Waals surface area contributed by atoms with Crippen molar-refractivity contribution >= 4 is 49.0 Å². The fraction of sp³-hybridized carbons (Fsp3) is 0. The Balaban J connectivity index is 3.73. The third-order valence-electron chi connectivity index (χ3n) is 0. The summed E-state index contributed by atoms with van der Waals surface area (Å²) >= 11 is -4.58. The summed E-state index contributed by atoms with van der Waals surface area (Å²) in [4.78, 5) is 0. The molecule has 0 aliphatic carbocycles. The van der Waals surface area contributed by atoms with Gasteiger partial charge in [-0.25, -0.2) is 0 Å². The van der Waals surface area contributed by atoms with Crippen molar-refractivity contribution in [2.75, 3.05) is 0 Å². The third-order valence-corrected chi connectivity index (χ3v) is 0. The average molecular weight is 216 g/mol. The molecule has 0 nitrogen and oxygen atoms in total. The van der Waals surface area contributed by atoms with Crippen molar-refractivity contribution < 1.29 is 0 Å². The average Bonchev–Trinajstić information content (AvgIpc) is 0.650. The van der Waals surface area contributed by atoms with Gasteiger partial charge in [0, 0.05) is 0 Å². The summed E-state index contributed by atoms with van der Waals surface area (Å²) in [5.41, 5.74) is 0. The topological polar surface area (TPSA) is 0 Å². The van der Waals surface area contributed by atoms with Gasteiger partial charge in [-0.15, -0.1) is 0 Å². The molecule has 0 aromatic carbocycles. The molecule has 36 valence electrons. The third kappa shape index (κ3) is 27.6. The van der Waals surface area contributed by atoms with E-state index >= 15 is 0 Å². The van der Waals surface area contributed by atoms with E-state index < -0.39 is 30.2 Å². The van der Waals surface area contributed by atoms with Gasteiger partial charge in [0.25, 0.3) is 0 Å². The molecule has 6 heteroatoms. The van der Waals surface area contributed by atoms with Gasteiger partial charge in [0.05, 0.1) is 0 Å². The van der Waals surface area contributed by atoms with Gasteiger partial charge in [-0.2, -0.15) is 0 Å². The van der Waals surface area contributed by atoms with Gasteiger partial charge in [0.15, 0.2) is 0 Å². The standard InChI is InChI=1S/5ClH.K/h5*1H;/q;;;;;+5/p-5. The maximum absolute atomic E-state index is 5.08. The number of halogens is 5. The molecular weight excluding hydrogens is 216 g/mol. The van der Waals surface area contributed by atoms with Crippen molar-refractivity contribution in [3.63, 3.8) is 0 Å². The molecule has 0 bridgehead atoms. The van der Waals surface area contributed by atoms with E-state index in [0.717, 1.165) is 0 Å². The summed E-state index contributed by atoms with van der Waals surface area (Å²) in [7, 11) is 0. The second kappa shape index (κ2) is 2.37. The molecule has 0 saturated heterocycles. The quantitative estimate of drug-likeness (QED) is 0.546. The van der Waals surface area contributed by atoms with Crippen LogP contribution in [0.3, 0.4) is 0 Å². The molecule has 0 aliphatic rings. The molecular formula is Cl5K. The van der Waals surface area contributed by atoms with E-state index in [1.165, 1.54) is 0 Å². The van der Waals surface area contributed by atoms with E-state index in [-0.39, 0.29) is 0 Å². The summed E-state index contributed by atoms with van der Waals surface area (Å²) < 4.78 is 25.4. The van der Waals surface area contributed by atoms with Gasteiger partial charge in [-0.05, 0) is 0 Å². The van der Waals surface area contributed by atoms with Gasteiger partial charge >= 0.3 is 49.0 Å². The predicted molar refractivity (Wildman–Crippen MR) is 35.0 cm³/mol. The van der Waals surface area contributed by atoms with E-state index in [1.54, 1.807) is 0 Å². The molecule has 0 atom stereocenters. The monoisotopic (exact) mass is 214 g/mol. The van der Waals surface area contributed by atoms with Gasteiger partial charge in [0.1, 0.15) is 0 Å². The van der Waals surface area contributed by atoms with E-state index in [1.807, 2.05) is 0 Å². The molecule has 0 rings (SSSR count). The van der Waals surface area contributed by atoms with Crippen molar-refractivity contribution in [2.24, 2.45) is 0 Å². The minimum atomic E-state index is -4.58. The molecule has 6 heavy (non-hydrogen) atoms. The van der Waals surface area contributed by atoms with Crippen LogP contribution in [0.25, 0.3) is 0 Å². The first kappa shape index (κ1) is 9.09. The van der Waals surface area contributed by atoms with Crippen LogP contribution < -0.4 is 0 Å². The van der Waals surface area contributed by atoms with Crippen molar-refractivity contribution in [1.29, 1.82) is 0 Å². The van der Waals surface area contributed by atoms with Crippen molar-refractivity contribution in [3.05, 3.63) is 0 Å². The summed E-state index contributed by atoms with van der Waals surface area (Å²) in [6, 6.07) is 0. The van der Waals surface area contributed by atoms with Crippen molar-refractivity contribution in [1.82, 2.24) is 0 Å². The molecule has 2 radical (unpaired) electrons. The van der Waals surface area contributed by atoms with Gasteiger partial charge in [-0.3, -0.25) is 0 Å². The van der Waals surface area contributed by atoms with Crippen LogP contribution in [0.1, 0.15) is 0 Å². The molecule has 0 amide bonds. The van der Waals surface area contributed by atoms with Crippen LogP contribution in [0.5, 0.6) is 0 Å². The Kier molecular flexibility index (Phi) is 3.59. The SMILES string of the molecule is [Cl][K]([Cl])([Cl])([Cl])[Cl]. The van der Waals surface area contributed by atoms with Crippen LogP contribution in [-0.4, -0.2) is 30.2 Å². The van der Waals surface area contributed by atoms with Gasteiger partial charge < -0.3 is 0 Å². The van der Waals surface area contributed by atoms with Crippen LogP contribution in [0.4, 0.5) is 0 Å². The number of hydrogen-bond donors (Lipinski definition) is 0. The Morgan fingerprint density at radius 2 is 0.667 bits per heavy atom. The fourth-order valence-corrected chi connectivity index (χ4v) is 0. The first-order valence-electron chi connectivity index (χ1n) is 1.89. The second-order valence-electron chi connectivity index (χ2n) is 1.43. The molecule has 0 fully saturated rings. The van der Waals surface area contributed by atoms with Crippen LogP contribution in [0, 0.1) is 0 Å². The molecule has 0 unspecified atom stereocenters. The van der Waals surface area contributed by atoms with Crippen molar-refractivity contribution in [3.8, 4) is 0 Å². The molecule has 0 aliphatic heterocycles. The molecule has 0 aromatic rings. The summed E-state index contributed by atoms with van der Waals surface area (Å²) in [5.74, 6) is 0. The number of hydrogen-bond acceptors (Lipinski definition) is 0. The first-order chi connectivity index (χ1) is 2.24. The second-order valence-corrected chi connectivity index (χ2v) is 53.0. The van der Waals surface area contributed by atoms with E-state index in [0.29, 0.717) is 0 Å². The Labute approximate surface area is 46.6 Å². The minimum absolute atomic E-state index is 4.58. The Hall–Kier alpha value is 3.09. The van der Waals surface area contributed by atoms with Crippen molar-refractivity contribution in [2.45, 2.75) is 0 Å². The normalized spacial score (nSPS) is 15.0. The molecule has 0 saturated carbocycles. The number of rotatable bonds is 0. The molecule has 0 aromatic heterocycles. The molecule has 0 heterocycles. The molecule has 0 spiro atoms. The van der Waals surface area contributed by atoms with Gasteiger partial charge in [0.2, 0.25) is 0 Å². The summed E-state index contributed by atoms with van der Waals surface area (Å²) in [5, 5.41) is 0. The van der Waals surface area contributed by atoms with E-state index in [4.69, 9.17) is 18.8 Å². The van der Waals surface area contributed by atoms with Crippen LogP contribution in [0.15, 0.2) is 0 Å². The summed E-state index contributed by atoms with van der Waals surface area (Å²) in [6.07, 6.45) is 0. The van der Waals surface area contributed by atoms with E-state index in [9.17, 15) is 0 Å². The zero-order valence-electron chi connectivity index (χ0n) is 2.89. The van der Waals surface area contributed by atoms with E-state index in [2.05, 4.69) is 0 Å². The Morgan fingerprint density at radius 3 is 0.667 bits per heavy atom. The zero-order chi connectivity index (χ0) is 5.45.